The molecule has 0 radical (unpaired) electrons. The Hall–Kier alpha value is -2.91. The number of carboxylic acid groups (broad SMARTS) is 1. The summed E-state index contributed by atoms with van der Waals surface area (Å²) in [6.07, 6.45) is 0. The van der Waals surface area contributed by atoms with E-state index in [1.54, 1.807) is 23.5 Å². The van der Waals surface area contributed by atoms with Crippen LogP contribution in [0.5, 0.6) is 5.75 Å². The maximum atomic E-state index is 12.2. The highest BCUT2D eigenvalue weighted by Crippen LogP contribution is 2.29. The van der Waals surface area contributed by atoms with Crippen molar-refractivity contribution in [1.29, 1.82) is 0 Å². The Labute approximate surface area is 152 Å². The SMILES string of the molecule is O=C(Oc1cccc([C@@H]2[NH2+][C@H](C(=O)[O-])CS2)c1)c1ccc([N+](=O)[O-])cc1. The first-order valence-electron chi connectivity index (χ1n) is 7.68. The van der Waals surface area contributed by atoms with E-state index in [1.165, 1.54) is 36.0 Å². The predicted octanol–water partition coefficient (Wildman–Crippen LogP) is 0.241. The molecule has 1 aliphatic rings. The molecule has 134 valence electrons. The summed E-state index contributed by atoms with van der Waals surface area (Å²) in [5, 5.41) is 23.2. The van der Waals surface area contributed by atoms with Gasteiger partial charge in [-0.3, -0.25) is 10.1 Å². The van der Waals surface area contributed by atoms with Crippen molar-refractivity contribution >= 4 is 29.4 Å². The first-order chi connectivity index (χ1) is 12.4. The van der Waals surface area contributed by atoms with Gasteiger partial charge in [0.15, 0.2) is 5.37 Å². The molecular weight excluding hydrogens is 360 g/mol. The summed E-state index contributed by atoms with van der Waals surface area (Å²) >= 11 is 1.48. The van der Waals surface area contributed by atoms with Gasteiger partial charge in [0.25, 0.3) is 5.69 Å². The second-order valence-corrected chi connectivity index (χ2v) is 6.81. The lowest BCUT2D eigenvalue weighted by molar-refractivity contribution is -0.690. The molecule has 0 unspecified atom stereocenters. The zero-order valence-electron chi connectivity index (χ0n) is 13.4. The minimum Gasteiger partial charge on any atom is -0.544 e. The van der Waals surface area contributed by atoms with Gasteiger partial charge in [-0.2, -0.15) is 0 Å². The molecule has 0 spiro atoms. The zero-order chi connectivity index (χ0) is 18.7. The number of carbonyl (C=O) groups is 2. The molecule has 0 aliphatic carbocycles. The van der Waals surface area contributed by atoms with Crippen LogP contribution in [0.2, 0.25) is 0 Å². The molecule has 0 bridgehead atoms. The van der Waals surface area contributed by atoms with Gasteiger partial charge in [0.1, 0.15) is 17.8 Å². The van der Waals surface area contributed by atoms with Crippen molar-refractivity contribution < 1.29 is 29.7 Å². The lowest BCUT2D eigenvalue weighted by Gasteiger charge is -2.12. The number of esters is 1. The van der Waals surface area contributed by atoms with Crippen molar-refractivity contribution in [2.75, 3.05) is 5.75 Å². The Morgan fingerprint density at radius 3 is 2.54 bits per heavy atom. The molecule has 1 saturated heterocycles. The molecule has 2 atom stereocenters. The van der Waals surface area contributed by atoms with Crippen LogP contribution in [0.15, 0.2) is 48.5 Å². The molecule has 2 aromatic rings. The number of ether oxygens (including phenoxy) is 1. The smallest absolute Gasteiger partial charge is 0.343 e. The lowest BCUT2D eigenvalue weighted by atomic mass is 10.2. The standard InChI is InChI=1S/C17H14N2O6S/c20-16(21)14-9-26-15(18-14)11-2-1-3-13(8-11)25-17(22)10-4-6-12(7-5-10)19(23)24/h1-8,14-15,18H,9H2,(H,20,21)/t14-,15+/m0/s1. The van der Waals surface area contributed by atoms with Gasteiger partial charge in [-0.15, -0.1) is 0 Å². The fraction of sp³-hybridized carbons (Fsp3) is 0.176. The van der Waals surface area contributed by atoms with Gasteiger partial charge in [0.2, 0.25) is 0 Å². The van der Waals surface area contributed by atoms with Gasteiger partial charge in [0.05, 0.1) is 16.2 Å². The monoisotopic (exact) mass is 374 g/mol. The summed E-state index contributed by atoms with van der Waals surface area (Å²) < 4.78 is 5.31. The second kappa shape index (κ2) is 7.54. The highest BCUT2D eigenvalue weighted by atomic mass is 32.2. The molecule has 0 saturated carbocycles. The normalized spacial score (nSPS) is 19.1. The maximum Gasteiger partial charge on any atom is 0.343 e. The van der Waals surface area contributed by atoms with Crippen LogP contribution in [-0.4, -0.2) is 28.7 Å². The van der Waals surface area contributed by atoms with E-state index in [4.69, 9.17) is 4.74 Å². The number of non-ortho nitro benzene ring substituents is 1. The minimum atomic E-state index is -1.10. The number of carboxylic acids is 1. The number of aliphatic carboxylic acids is 1. The Morgan fingerprint density at radius 2 is 1.92 bits per heavy atom. The number of rotatable bonds is 5. The van der Waals surface area contributed by atoms with Crippen molar-refractivity contribution in [3.05, 3.63) is 69.8 Å². The number of benzene rings is 2. The summed E-state index contributed by atoms with van der Waals surface area (Å²) in [7, 11) is 0. The third kappa shape index (κ3) is 4.01. The highest BCUT2D eigenvalue weighted by Gasteiger charge is 2.31. The van der Waals surface area contributed by atoms with Gasteiger partial charge in [-0.1, -0.05) is 23.9 Å². The topological polar surface area (TPSA) is 126 Å². The molecule has 3 rings (SSSR count). The summed E-state index contributed by atoms with van der Waals surface area (Å²) in [5.74, 6) is -0.968. The lowest BCUT2D eigenvalue weighted by Crippen LogP contribution is -2.90. The van der Waals surface area contributed by atoms with Crippen LogP contribution >= 0.6 is 11.8 Å². The van der Waals surface area contributed by atoms with Crippen molar-refractivity contribution in [1.82, 2.24) is 0 Å². The number of quaternary nitrogens is 1. The largest absolute Gasteiger partial charge is 0.544 e. The summed E-state index contributed by atoms with van der Waals surface area (Å²) in [5.41, 5.74) is 0.910. The summed E-state index contributed by atoms with van der Waals surface area (Å²) in [4.78, 5) is 33.2. The first kappa shape index (κ1) is 17.9. The molecule has 8 nitrogen and oxygen atoms in total. The Morgan fingerprint density at radius 1 is 1.19 bits per heavy atom. The molecule has 0 amide bonds. The van der Waals surface area contributed by atoms with Gasteiger partial charge < -0.3 is 20.0 Å². The molecule has 1 aliphatic heterocycles. The molecular formula is C17H14N2O6S. The van der Waals surface area contributed by atoms with Crippen LogP contribution in [0.25, 0.3) is 0 Å². The first-order valence-corrected chi connectivity index (χ1v) is 8.73. The van der Waals surface area contributed by atoms with Crippen LogP contribution < -0.4 is 15.2 Å². The number of thioether (sulfide) groups is 1. The zero-order valence-corrected chi connectivity index (χ0v) is 14.2. The number of nitro groups is 1. The Kier molecular flexibility index (Phi) is 5.19. The van der Waals surface area contributed by atoms with Crippen molar-refractivity contribution in [3.8, 4) is 5.75 Å². The van der Waals surface area contributed by atoms with E-state index in [0.29, 0.717) is 11.5 Å². The summed E-state index contributed by atoms with van der Waals surface area (Å²) in [6, 6.07) is 11.4. The van der Waals surface area contributed by atoms with E-state index in [0.717, 1.165) is 5.56 Å². The van der Waals surface area contributed by atoms with Crippen LogP contribution in [0.4, 0.5) is 5.69 Å². The van der Waals surface area contributed by atoms with Gasteiger partial charge in [-0.05, 0) is 24.3 Å². The summed E-state index contributed by atoms with van der Waals surface area (Å²) in [6.45, 7) is 0. The van der Waals surface area contributed by atoms with E-state index in [2.05, 4.69) is 0 Å². The Bertz CT molecular complexity index is 855. The van der Waals surface area contributed by atoms with Crippen molar-refractivity contribution in [2.45, 2.75) is 11.4 Å². The predicted molar refractivity (Wildman–Crippen MR) is 90.4 cm³/mol. The molecule has 0 aromatic heterocycles. The number of nitrogens with zero attached hydrogens (tertiary/aromatic N) is 1. The van der Waals surface area contributed by atoms with E-state index in [1.807, 2.05) is 6.07 Å². The molecule has 9 heteroatoms. The number of nitrogens with two attached hydrogens (primary N) is 1. The average molecular weight is 374 g/mol. The van der Waals surface area contributed by atoms with E-state index in [-0.39, 0.29) is 16.6 Å². The molecule has 1 fully saturated rings. The minimum absolute atomic E-state index is 0.111. The molecule has 2 N–H and O–H groups in total. The van der Waals surface area contributed by atoms with Crippen LogP contribution in [-0.2, 0) is 4.79 Å². The molecule has 1 heterocycles. The van der Waals surface area contributed by atoms with Gasteiger partial charge >= 0.3 is 5.97 Å². The molecule has 26 heavy (non-hydrogen) atoms. The van der Waals surface area contributed by atoms with E-state index in [9.17, 15) is 24.8 Å². The molecule has 2 aromatic carbocycles. The maximum absolute atomic E-state index is 12.2. The van der Waals surface area contributed by atoms with Crippen LogP contribution in [0.1, 0.15) is 21.3 Å². The fourth-order valence-electron chi connectivity index (χ4n) is 2.52. The second-order valence-electron chi connectivity index (χ2n) is 5.64. The van der Waals surface area contributed by atoms with Crippen molar-refractivity contribution in [2.24, 2.45) is 0 Å². The number of carbonyl (C=O) groups excluding carboxylic acids is 2. The Balaban J connectivity index is 1.69. The van der Waals surface area contributed by atoms with Crippen molar-refractivity contribution in [3.63, 3.8) is 0 Å². The number of hydrogen-bond acceptors (Lipinski definition) is 7. The van der Waals surface area contributed by atoms with Crippen LogP contribution in [0.3, 0.4) is 0 Å². The highest BCUT2D eigenvalue weighted by molar-refractivity contribution is 7.99. The van der Waals surface area contributed by atoms with E-state index < -0.39 is 22.9 Å². The number of nitro benzene ring substituents is 1. The van der Waals surface area contributed by atoms with Crippen LogP contribution in [0, 0.1) is 10.1 Å². The fourth-order valence-corrected chi connectivity index (χ4v) is 3.83. The van der Waals surface area contributed by atoms with Gasteiger partial charge in [0, 0.05) is 17.7 Å². The number of hydrogen-bond donors (Lipinski definition) is 1. The van der Waals surface area contributed by atoms with E-state index >= 15 is 0 Å². The van der Waals surface area contributed by atoms with Gasteiger partial charge in [-0.25, -0.2) is 4.79 Å². The third-order valence-corrected chi connectivity index (χ3v) is 5.22. The quantitative estimate of drug-likeness (QED) is 0.344. The average Bonchev–Trinajstić information content (AvgIpc) is 3.12. The third-order valence-electron chi connectivity index (χ3n) is 3.88.